The van der Waals surface area contributed by atoms with Crippen molar-refractivity contribution in [3.63, 3.8) is 0 Å². The summed E-state index contributed by atoms with van der Waals surface area (Å²) in [6, 6.07) is 18.5. The molecule has 56 heavy (non-hydrogen) atoms. The van der Waals surface area contributed by atoms with Crippen molar-refractivity contribution in [2.45, 2.75) is 78.3 Å². The smallest absolute Gasteiger partial charge is 0.242 e. The summed E-state index contributed by atoms with van der Waals surface area (Å²) in [5.41, 5.74) is 12.9. The van der Waals surface area contributed by atoms with Crippen molar-refractivity contribution in [3.8, 4) is 0 Å². The van der Waals surface area contributed by atoms with E-state index in [1.807, 2.05) is 74.5 Å². The van der Waals surface area contributed by atoms with Gasteiger partial charge in [-0.05, 0) is 56.6 Å². The predicted molar refractivity (Wildman–Crippen MR) is 215 cm³/mol. The van der Waals surface area contributed by atoms with Crippen LogP contribution in [0.25, 0.3) is 0 Å². The van der Waals surface area contributed by atoms with Crippen LogP contribution in [-0.2, 0) is 28.8 Å². The second kappa shape index (κ2) is 22.2. The van der Waals surface area contributed by atoms with E-state index in [1.54, 1.807) is 13.8 Å². The Kier molecular flexibility index (Phi) is 17.8. The van der Waals surface area contributed by atoms with Crippen molar-refractivity contribution in [2.75, 3.05) is 58.9 Å². The van der Waals surface area contributed by atoms with E-state index in [9.17, 15) is 28.8 Å². The molecular weight excluding hydrogens is 715 g/mol. The minimum absolute atomic E-state index is 0.0103. The molecule has 1 saturated heterocycles. The number of hydrogen-bond acceptors (Lipinski definition) is 7. The average Bonchev–Trinajstić information content (AvgIpc) is 3.65. The number of nitrogens with zero attached hydrogens (tertiary/aromatic N) is 5. The van der Waals surface area contributed by atoms with E-state index in [-0.39, 0.29) is 69.5 Å². The molecule has 6 amide bonds. The van der Waals surface area contributed by atoms with E-state index in [2.05, 4.69) is 5.32 Å². The number of benzene rings is 2. The van der Waals surface area contributed by atoms with Crippen molar-refractivity contribution in [1.29, 1.82) is 5.41 Å². The first-order valence-electron chi connectivity index (χ1n) is 19.5. The largest absolute Gasteiger partial charge is 0.370 e. The van der Waals surface area contributed by atoms with Gasteiger partial charge in [-0.25, -0.2) is 0 Å². The van der Waals surface area contributed by atoms with Crippen molar-refractivity contribution in [1.82, 2.24) is 29.8 Å². The molecule has 1 atom stereocenters. The minimum Gasteiger partial charge on any atom is -0.370 e. The number of nitrogens with one attached hydrogen (secondary N) is 2. The molecule has 0 saturated carbocycles. The van der Waals surface area contributed by atoms with Crippen LogP contribution in [0.4, 0.5) is 0 Å². The molecule has 2 aromatic rings. The first kappa shape index (κ1) is 44.9. The van der Waals surface area contributed by atoms with E-state index in [1.165, 1.54) is 31.4 Å². The number of carbonyl (C=O) groups excluding carboxylic acids is 6. The highest BCUT2D eigenvalue weighted by atomic mass is 16.2. The first-order valence-corrected chi connectivity index (χ1v) is 19.5. The SMILES string of the molecule is CC(=O)N(CC(=O)N(CC(=O)N(CCCCNC(=N)N)CC(=O)N(CC(=O)N1CCCC1C(N)=O)C(C)C)CC(C)C)CC(c1ccccc1)c1ccccc1. The highest BCUT2D eigenvalue weighted by molar-refractivity contribution is 5.92. The molecule has 1 aliphatic heterocycles. The van der Waals surface area contributed by atoms with E-state index in [0.29, 0.717) is 38.8 Å². The van der Waals surface area contributed by atoms with Gasteiger partial charge in [0.05, 0.1) is 19.6 Å². The lowest BCUT2D eigenvalue weighted by atomic mass is 9.90. The van der Waals surface area contributed by atoms with Gasteiger partial charge >= 0.3 is 0 Å². The van der Waals surface area contributed by atoms with Crippen molar-refractivity contribution in [2.24, 2.45) is 17.4 Å². The Morgan fingerprint density at radius 1 is 0.768 bits per heavy atom. The Hall–Kier alpha value is -5.47. The van der Waals surface area contributed by atoms with Crippen LogP contribution in [0.2, 0.25) is 0 Å². The Labute approximate surface area is 331 Å². The monoisotopic (exact) mass is 775 g/mol. The van der Waals surface area contributed by atoms with Gasteiger partial charge in [-0.1, -0.05) is 74.5 Å². The molecular formula is C41H61N9O6. The second-order valence-electron chi connectivity index (χ2n) is 15.1. The molecule has 1 fully saturated rings. The minimum atomic E-state index is -0.723. The molecule has 0 bridgehead atoms. The third-order valence-corrected chi connectivity index (χ3v) is 9.84. The van der Waals surface area contributed by atoms with E-state index < -0.39 is 41.6 Å². The van der Waals surface area contributed by atoms with Crippen LogP contribution in [0.5, 0.6) is 0 Å². The number of amides is 6. The van der Waals surface area contributed by atoms with Gasteiger partial charge in [0.15, 0.2) is 5.96 Å². The number of carbonyl (C=O) groups is 6. The lowest BCUT2D eigenvalue weighted by molar-refractivity contribution is -0.148. The summed E-state index contributed by atoms with van der Waals surface area (Å²) in [4.78, 5) is 87.6. The Morgan fingerprint density at radius 3 is 1.84 bits per heavy atom. The number of guanidine groups is 1. The number of unbranched alkanes of at least 4 members (excludes halogenated alkanes) is 1. The lowest BCUT2D eigenvalue weighted by Crippen LogP contribution is -2.53. The zero-order valence-corrected chi connectivity index (χ0v) is 33.6. The molecule has 306 valence electrons. The van der Waals surface area contributed by atoms with Crippen LogP contribution in [0.15, 0.2) is 60.7 Å². The van der Waals surface area contributed by atoms with Crippen LogP contribution < -0.4 is 16.8 Å². The van der Waals surface area contributed by atoms with E-state index >= 15 is 0 Å². The third-order valence-electron chi connectivity index (χ3n) is 9.84. The van der Waals surface area contributed by atoms with Crippen molar-refractivity contribution < 1.29 is 28.8 Å². The van der Waals surface area contributed by atoms with Gasteiger partial charge in [-0.15, -0.1) is 0 Å². The molecule has 0 radical (unpaired) electrons. The van der Waals surface area contributed by atoms with Gasteiger partial charge in [0, 0.05) is 51.6 Å². The van der Waals surface area contributed by atoms with Crippen molar-refractivity contribution in [3.05, 3.63) is 71.8 Å². The summed E-state index contributed by atoms with van der Waals surface area (Å²) in [6.45, 7) is 9.04. The topological polar surface area (TPSA) is 207 Å². The average molecular weight is 776 g/mol. The summed E-state index contributed by atoms with van der Waals surface area (Å²) in [7, 11) is 0. The van der Waals surface area contributed by atoms with Crippen LogP contribution in [0.3, 0.4) is 0 Å². The maximum Gasteiger partial charge on any atom is 0.242 e. The molecule has 1 heterocycles. The molecule has 3 rings (SSSR count). The maximum absolute atomic E-state index is 14.1. The molecule has 0 aromatic heterocycles. The van der Waals surface area contributed by atoms with Crippen LogP contribution in [-0.4, -0.2) is 137 Å². The third kappa shape index (κ3) is 14.0. The number of rotatable bonds is 21. The van der Waals surface area contributed by atoms with Gasteiger partial charge in [0.2, 0.25) is 35.4 Å². The Bertz CT molecular complexity index is 1600. The first-order chi connectivity index (χ1) is 26.6. The van der Waals surface area contributed by atoms with Gasteiger partial charge in [0.25, 0.3) is 0 Å². The standard InChI is InChI=1S/C41H61N9O6/c1-29(2)23-48(37(53)25-47(31(5)51)24-34(32-15-8-6-9-16-32)33-17-10-7-11-18-33)26-36(52)46(21-13-12-20-45-41(43)44)27-38(54)50(30(3)4)28-39(55)49-22-14-19-35(49)40(42)56/h6-11,15-18,29-30,34-35H,12-14,19-28H2,1-5H3,(H2,42,56)(H4,43,44,45). The molecule has 2 aromatic carbocycles. The summed E-state index contributed by atoms with van der Waals surface area (Å²) in [5.74, 6) is -2.98. The Balaban J connectivity index is 1.82. The fourth-order valence-corrected chi connectivity index (χ4v) is 6.87. The van der Waals surface area contributed by atoms with Gasteiger partial charge in [0.1, 0.15) is 12.6 Å². The van der Waals surface area contributed by atoms with Gasteiger partial charge in [-0.3, -0.25) is 34.2 Å². The highest BCUT2D eigenvalue weighted by Gasteiger charge is 2.35. The normalized spacial score (nSPS) is 13.8. The Morgan fingerprint density at radius 2 is 1.32 bits per heavy atom. The number of primary amides is 1. The number of hydrogen-bond donors (Lipinski definition) is 4. The summed E-state index contributed by atoms with van der Waals surface area (Å²) in [5, 5.41) is 10.2. The number of likely N-dealkylation sites (tertiary alicyclic amines) is 1. The molecule has 1 unspecified atom stereocenters. The summed E-state index contributed by atoms with van der Waals surface area (Å²) in [6.07, 6.45) is 2.10. The zero-order valence-electron chi connectivity index (χ0n) is 33.6. The molecule has 6 N–H and O–H groups in total. The van der Waals surface area contributed by atoms with E-state index in [0.717, 1.165) is 11.1 Å². The van der Waals surface area contributed by atoms with Crippen LogP contribution in [0, 0.1) is 11.3 Å². The summed E-state index contributed by atoms with van der Waals surface area (Å²) >= 11 is 0. The molecule has 15 nitrogen and oxygen atoms in total. The second-order valence-corrected chi connectivity index (χ2v) is 15.1. The maximum atomic E-state index is 14.1. The predicted octanol–water partition coefficient (Wildman–Crippen LogP) is 1.96. The molecule has 15 heteroatoms. The fraction of sp³-hybridized carbons (Fsp3) is 0.537. The summed E-state index contributed by atoms with van der Waals surface area (Å²) < 4.78 is 0. The molecule has 0 aliphatic carbocycles. The zero-order chi connectivity index (χ0) is 41.4. The quantitative estimate of drug-likeness (QED) is 0.0836. The van der Waals surface area contributed by atoms with Gasteiger partial charge < -0.3 is 41.3 Å². The van der Waals surface area contributed by atoms with Crippen LogP contribution in [0.1, 0.15) is 77.3 Å². The number of nitrogens with two attached hydrogens (primary N) is 2. The van der Waals surface area contributed by atoms with Gasteiger partial charge in [-0.2, -0.15) is 0 Å². The lowest BCUT2D eigenvalue weighted by Gasteiger charge is -2.34. The fourth-order valence-electron chi connectivity index (χ4n) is 6.87. The van der Waals surface area contributed by atoms with Crippen LogP contribution >= 0.6 is 0 Å². The van der Waals surface area contributed by atoms with E-state index in [4.69, 9.17) is 16.9 Å². The molecule has 0 spiro atoms. The highest BCUT2D eigenvalue weighted by Crippen LogP contribution is 2.26. The van der Waals surface area contributed by atoms with Crippen molar-refractivity contribution >= 4 is 41.4 Å². The molecule has 1 aliphatic rings.